The van der Waals surface area contributed by atoms with E-state index >= 15 is 0 Å². The van der Waals surface area contributed by atoms with E-state index in [9.17, 15) is 14.7 Å². The van der Waals surface area contributed by atoms with Crippen LogP contribution < -0.4 is 0 Å². The van der Waals surface area contributed by atoms with Gasteiger partial charge in [0.1, 0.15) is 5.76 Å². The van der Waals surface area contributed by atoms with E-state index in [0.717, 1.165) is 30.6 Å². The normalized spacial score (nSPS) is 21.3. The minimum atomic E-state index is -0.630. The van der Waals surface area contributed by atoms with E-state index in [0.29, 0.717) is 31.9 Å². The van der Waals surface area contributed by atoms with Crippen LogP contribution in [0.25, 0.3) is 5.76 Å². The van der Waals surface area contributed by atoms with Crippen molar-refractivity contribution in [3.8, 4) is 0 Å². The van der Waals surface area contributed by atoms with Gasteiger partial charge in [-0.15, -0.1) is 0 Å². The molecule has 1 atom stereocenters. The highest BCUT2D eigenvalue weighted by atomic mass is 16.5. The van der Waals surface area contributed by atoms with Crippen LogP contribution in [0.15, 0.2) is 54.1 Å². The molecule has 1 N–H and O–H groups in total. The number of nitrogens with zero attached hydrogens (tertiary/aromatic N) is 2. The van der Waals surface area contributed by atoms with Crippen LogP contribution in [0.5, 0.6) is 0 Å². The summed E-state index contributed by atoms with van der Waals surface area (Å²) in [5, 5.41) is 11.1. The van der Waals surface area contributed by atoms with Gasteiger partial charge in [-0.3, -0.25) is 14.5 Å². The molecule has 168 valence electrons. The first-order valence-electron chi connectivity index (χ1n) is 11.2. The largest absolute Gasteiger partial charge is 0.507 e. The fourth-order valence-corrected chi connectivity index (χ4v) is 4.33. The van der Waals surface area contributed by atoms with Crippen LogP contribution in [0.2, 0.25) is 0 Å². The Bertz CT molecular complexity index is 1010. The van der Waals surface area contributed by atoms with Gasteiger partial charge in [0.15, 0.2) is 0 Å². The zero-order valence-electron chi connectivity index (χ0n) is 18.7. The van der Waals surface area contributed by atoms with Gasteiger partial charge in [-0.05, 0) is 24.5 Å². The molecule has 0 bridgehead atoms. The smallest absolute Gasteiger partial charge is 0.295 e. The van der Waals surface area contributed by atoms with E-state index < -0.39 is 17.7 Å². The summed E-state index contributed by atoms with van der Waals surface area (Å²) in [6.07, 6.45) is 0.904. The van der Waals surface area contributed by atoms with Gasteiger partial charge in [-0.25, -0.2) is 0 Å². The van der Waals surface area contributed by atoms with Gasteiger partial charge < -0.3 is 14.7 Å². The molecule has 2 heterocycles. The second-order valence-electron chi connectivity index (χ2n) is 8.41. The minimum Gasteiger partial charge on any atom is -0.507 e. The molecule has 2 aliphatic rings. The molecule has 6 nitrogen and oxygen atoms in total. The van der Waals surface area contributed by atoms with Gasteiger partial charge in [0.25, 0.3) is 11.7 Å². The second-order valence-corrected chi connectivity index (χ2v) is 8.41. The molecule has 0 spiro atoms. The number of carbonyl (C=O) groups is 2. The number of ketones is 1. The highest BCUT2D eigenvalue weighted by Crippen LogP contribution is 2.39. The number of hydrogen-bond donors (Lipinski definition) is 1. The van der Waals surface area contributed by atoms with Crippen molar-refractivity contribution >= 4 is 17.4 Å². The van der Waals surface area contributed by atoms with Gasteiger partial charge >= 0.3 is 0 Å². The molecule has 0 saturated carbocycles. The number of rotatable bonds is 6. The standard InChI is InChI=1S/C26H30N2O4/c1-3-19-6-10-20(11-7-19)23-22(24(29)21-8-4-18(2)5-9-21)25(30)26(31)28(23)13-12-27-14-16-32-17-15-27/h4-11,23,29H,3,12-17H2,1-2H3/b24-22+/t23-/m0/s1. The van der Waals surface area contributed by atoms with Crippen LogP contribution in [-0.4, -0.2) is 66.0 Å². The van der Waals surface area contributed by atoms with Crippen LogP contribution in [0.4, 0.5) is 0 Å². The topological polar surface area (TPSA) is 70.1 Å². The lowest BCUT2D eigenvalue weighted by molar-refractivity contribution is -0.140. The average Bonchev–Trinajstić information content (AvgIpc) is 3.08. The molecular formula is C26H30N2O4. The molecule has 2 aliphatic heterocycles. The number of aliphatic hydroxyl groups excluding tert-OH is 1. The lowest BCUT2D eigenvalue weighted by Crippen LogP contribution is -2.42. The number of hydrogen-bond acceptors (Lipinski definition) is 5. The molecule has 32 heavy (non-hydrogen) atoms. The average molecular weight is 435 g/mol. The summed E-state index contributed by atoms with van der Waals surface area (Å²) < 4.78 is 5.41. The van der Waals surface area contributed by atoms with Crippen molar-refractivity contribution in [2.24, 2.45) is 0 Å². The number of morpholine rings is 1. The summed E-state index contributed by atoms with van der Waals surface area (Å²) >= 11 is 0. The number of ether oxygens (including phenoxy) is 1. The number of likely N-dealkylation sites (tertiary alicyclic amines) is 1. The third-order valence-electron chi connectivity index (χ3n) is 6.33. The fraction of sp³-hybridized carbons (Fsp3) is 0.385. The maximum atomic E-state index is 13.1. The first-order chi connectivity index (χ1) is 15.5. The second kappa shape index (κ2) is 9.67. The van der Waals surface area contributed by atoms with E-state index in [-0.39, 0.29) is 11.3 Å². The molecule has 2 fully saturated rings. The van der Waals surface area contributed by atoms with E-state index in [4.69, 9.17) is 4.74 Å². The lowest BCUT2D eigenvalue weighted by atomic mass is 9.94. The molecular weight excluding hydrogens is 404 g/mol. The van der Waals surface area contributed by atoms with Crippen LogP contribution in [0.1, 0.15) is 35.2 Å². The van der Waals surface area contributed by atoms with Gasteiger partial charge in [-0.1, -0.05) is 61.0 Å². The SMILES string of the molecule is CCc1ccc([C@H]2/C(=C(\O)c3ccc(C)cc3)C(=O)C(=O)N2CCN2CCOCC2)cc1. The first-order valence-corrected chi connectivity index (χ1v) is 11.2. The highest BCUT2D eigenvalue weighted by molar-refractivity contribution is 6.46. The number of aliphatic hydroxyl groups is 1. The third kappa shape index (κ3) is 4.47. The summed E-state index contributed by atoms with van der Waals surface area (Å²) in [6, 6.07) is 14.7. The van der Waals surface area contributed by atoms with Crippen LogP contribution in [0.3, 0.4) is 0 Å². The molecule has 2 aromatic rings. The Morgan fingerprint density at radius 1 is 1.00 bits per heavy atom. The number of aryl methyl sites for hydroxylation is 2. The molecule has 4 rings (SSSR count). The van der Waals surface area contributed by atoms with Crippen molar-refractivity contribution in [1.29, 1.82) is 0 Å². The van der Waals surface area contributed by atoms with Crippen LogP contribution >= 0.6 is 0 Å². The van der Waals surface area contributed by atoms with E-state index in [2.05, 4.69) is 11.8 Å². The Balaban J connectivity index is 1.72. The highest BCUT2D eigenvalue weighted by Gasteiger charge is 2.46. The summed E-state index contributed by atoms with van der Waals surface area (Å²) in [5.74, 6) is -1.31. The van der Waals surface area contributed by atoms with Crippen molar-refractivity contribution in [2.75, 3.05) is 39.4 Å². The molecule has 2 aromatic carbocycles. The fourth-order valence-electron chi connectivity index (χ4n) is 4.33. The van der Waals surface area contributed by atoms with E-state index in [1.54, 1.807) is 17.0 Å². The van der Waals surface area contributed by atoms with Crippen molar-refractivity contribution in [1.82, 2.24) is 9.80 Å². The Morgan fingerprint density at radius 2 is 1.66 bits per heavy atom. The van der Waals surface area contributed by atoms with E-state index in [1.165, 1.54) is 5.56 Å². The Hall–Kier alpha value is -2.96. The molecule has 1 amide bonds. The van der Waals surface area contributed by atoms with Crippen molar-refractivity contribution < 1.29 is 19.4 Å². The monoisotopic (exact) mass is 434 g/mol. The maximum Gasteiger partial charge on any atom is 0.295 e. The van der Waals surface area contributed by atoms with Gasteiger partial charge in [0.05, 0.1) is 24.8 Å². The molecule has 0 radical (unpaired) electrons. The predicted octanol–water partition coefficient (Wildman–Crippen LogP) is 3.31. The summed E-state index contributed by atoms with van der Waals surface area (Å²) in [4.78, 5) is 30.0. The lowest BCUT2D eigenvalue weighted by Gasteiger charge is -2.31. The van der Waals surface area contributed by atoms with Crippen molar-refractivity contribution in [3.63, 3.8) is 0 Å². The summed E-state index contributed by atoms with van der Waals surface area (Å²) in [5.41, 5.74) is 3.76. The van der Waals surface area contributed by atoms with Crippen molar-refractivity contribution in [2.45, 2.75) is 26.3 Å². The number of carbonyl (C=O) groups excluding carboxylic acids is 2. The van der Waals surface area contributed by atoms with Gasteiger partial charge in [0, 0.05) is 31.7 Å². The number of benzene rings is 2. The van der Waals surface area contributed by atoms with Crippen molar-refractivity contribution in [3.05, 3.63) is 76.4 Å². The molecule has 0 aromatic heterocycles. The molecule has 0 unspecified atom stereocenters. The minimum absolute atomic E-state index is 0.123. The maximum absolute atomic E-state index is 13.1. The quantitative estimate of drug-likeness (QED) is 0.429. The zero-order valence-corrected chi connectivity index (χ0v) is 18.7. The van der Waals surface area contributed by atoms with Gasteiger partial charge in [0.2, 0.25) is 0 Å². The predicted molar refractivity (Wildman–Crippen MR) is 123 cm³/mol. The van der Waals surface area contributed by atoms with Crippen LogP contribution in [0, 0.1) is 6.92 Å². The van der Waals surface area contributed by atoms with Gasteiger partial charge in [-0.2, -0.15) is 0 Å². The Labute approximate surface area is 189 Å². The first kappa shape index (κ1) is 22.2. The Kier molecular flexibility index (Phi) is 6.72. The molecule has 6 heteroatoms. The number of amides is 1. The Morgan fingerprint density at radius 3 is 2.28 bits per heavy atom. The summed E-state index contributed by atoms with van der Waals surface area (Å²) in [6.45, 7) is 8.08. The summed E-state index contributed by atoms with van der Waals surface area (Å²) in [7, 11) is 0. The molecule has 2 saturated heterocycles. The third-order valence-corrected chi connectivity index (χ3v) is 6.33. The zero-order chi connectivity index (χ0) is 22.7. The number of Topliss-reactive ketones (excluding diaryl/α,β-unsaturated/α-hetero) is 1. The van der Waals surface area contributed by atoms with E-state index in [1.807, 2.05) is 43.3 Å². The molecule has 0 aliphatic carbocycles. The van der Waals surface area contributed by atoms with Crippen LogP contribution in [-0.2, 0) is 20.7 Å².